The minimum atomic E-state index is -0.719. The van der Waals surface area contributed by atoms with Gasteiger partial charge in [0, 0.05) is 26.9 Å². The SMILES string of the molecule is CO[C@@H]1[C@@H](OC)[C@H](C)O[C@@H](O/N=C/c2ccc(-c3cn(-c4ccc(C)cc4)nn3)cc2)[C@@H]1OC. The van der Waals surface area contributed by atoms with Crippen LogP contribution in [0.1, 0.15) is 18.1 Å². The smallest absolute Gasteiger partial charge is 0.256 e. The quantitative estimate of drug-likeness (QED) is 0.371. The van der Waals surface area contributed by atoms with Crippen LogP contribution in [0.5, 0.6) is 0 Å². The molecule has 0 radical (unpaired) electrons. The van der Waals surface area contributed by atoms with Crippen molar-refractivity contribution in [2.45, 2.75) is 44.6 Å². The van der Waals surface area contributed by atoms with E-state index in [4.69, 9.17) is 23.8 Å². The van der Waals surface area contributed by atoms with E-state index in [0.29, 0.717) is 0 Å². The van der Waals surface area contributed by atoms with E-state index in [1.807, 2.05) is 61.7 Å². The van der Waals surface area contributed by atoms with E-state index in [1.165, 1.54) is 5.56 Å². The Labute approximate surface area is 199 Å². The van der Waals surface area contributed by atoms with Crippen molar-refractivity contribution in [3.63, 3.8) is 0 Å². The van der Waals surface area contributed by atoms with Crippen molar-refractivity contribution >= 4 is 6.21 Å². The Morgan fingerprint density at radius 1 is 0.912 bits per heavy atom. The normalized spacial score (nSPS) is 25.0. The second-order valence-corrected chi connectivity index (χ2v) is 8.16. The molecule has 2 aromatic carbocycles. The van der Waals surface area contributed by atoms with Crippen molar-refractivity contribution in [3.05, 3.63) is 65.9 Å². The minimum Gasteiger partial charge on any atom is -0.376 e. The Balaban J connectivity index is 1.40. The lowest BCUT2D eigenvalue weighted by Gasteiger charge is -2.42. The molecule has 180 valence electrons. The second-order valence-electron chi connectivity index (χ2n) is 8.16. The van der Waals surface area contributed by atoms with Crippen molar-refractivity contribution < 1.29 is 23.8 Å². The minimum absolute atomic E-state index is 0.242. The molecule has 4 rings (SSSR count). The predicted molar refractivity (Wildman–Crippen MR) is 127 cm³/mol. The lowest BCUT2D eigenvalue weighted by atomic mass is 9.99. The molecule has 2 heterocycles. The van der Waals surface area contributed by atoms with E-state index in [9.17, 15) is 0 Å². The van der Waals surface area contributed by atoms with Crippen molar-refractivity contribution in [2.24, 2.45) is 5.16 Å². The van der Waals surface area contributed by atoms with Crippen molar-refractivity contribution in [1.29, 1.82) is 0 Å². The van der Waals surface area contributed by atoms with E-state index >= 15 is 0 Å². The molecule has 0 bridgehead atoms. The first-order valence-corrected chi connectivity index (χ1v) is 11.1. The van der Waals surface area contributed by atoms with E-state index < -0.39 is 12.4 Å². The maximum Gasteiger partial charge on any atom is 0.256 e. The summed E-state index contributed by atoms with van der Waals surface area (Å²) in [6.07, 6.45) is 1.47. The van der Waals surface area contributed by atoms with E-state index in [-0.39, 0.29) is 18.3 Å². The number of nitrogens with zero attached hydrogens (tertiary/aromatic N) is 4. The number of methoxy groups -OCH3 is 3. The molecule has 0 spiro atoms. The van der Waals surface area contributed by atoms with Gasteiger partial charge < -0.3 is 23.8 Å². The standard InChI is InChI=1S/C25H30N4O5/c1-16-6-12-20(13-7-16)29-15-21(27-28-29)19-10-8-18(9-11-19)14-26-34-25-24(32-5)23(31-4)22(30-3)17(2)33-25/h6-15,17,22-25H,1-5H3/b26-14+/t17-,22-,23+,24+,25-/m0/s1. The summed E-state index contributed by atoms with van der Waals surface area (Å²) in [6, 6.07) is 15.9. The number of aromatic nitrogens is 3. The first-order chi connectivity index (χ1) is 16.5. The Morgan fingerprint density at radius 3 is 2.24 bits per heavy atom. The van der Waals surface area contributed by atoms with Gasteiger partial charge in [-0.15, -0.1) is 5.10 Å². The maximum absolute atomic E-state index is 5.90. The van der Waals surface area contributed by atoms with Crippen LogP contribution in [0.25, 0.3) is 16.9 Å². The number of ether oxygens (including phenoxy) is 4. The zero-order valence-corrected chi connectivity index (χ0v) is 20.0. The van der Waals surface area contributed by atoms with E-state index in [2.05, 4.69) is 22.4 Å². The van der Waals surface area contributed by atoms with Crippen molar-refractivity contribution in [2.75, 3.05) is 21.3 Å². The van der Waals surface area contributed by atoms with Gasteiger partial charge in [0.25, 0.3) is 6.29 Å². The van der Waals surface area contributed by atoms with Crippen LogP contribution in [0.2, 0.25) is 0 Å². The van der Waals surface area contributed by atoms with Crippen LogP contribution in [-0.4, -0.2) is 73.2 Å². The van der Waals surface area contributed by atoms with Crippen LogP contribution < -0.4 is 0 Å². The molecule has 5 atom stereocenters. The van der Waals surface area contributed by atoms with Crippen LogP contribution in [0.15, 0.2) is 59.9 Å². The van der Waals surface area contributed by atoms with Crippen LogP contribution in [-0.2, 0) is 23.8 Å². The summed E-state index contributed by atoms with van der Waals surface area (Å²) in [5.74, 6) is 0. The number of hydrogen-bond donors (Lipinski definition) is 0. The predicted octanol–water partition coefficient (Wildman–Crippen LogP) is 3.38. The Bertz CT molecular complexity index is 1080. The molecule has 1 aromatic heterocycles. The van der Waals surface area contributed by atoms with Gasteiger partial charge in [-0.05, 0) is 31.5 Å². The van der Waals surface area contributed by atoms with Crippen molar-refractivity contribution in [1.82, 2.24) is 15.0 Å². The summed E-state index contributed by atoms with van der Waals surface area (Å²) in [6.45, 7) is 3.96. The second kappa shape index (κ2) is 10.9. The van der Waals surface area contributed by atoms with Gasteiger partial charge in [0.2, 0.25) is 0 Å². The highest BCUT2D eigenvalue weighted by Crippen LogP contribution is 2.27. The first-order valence-electron chi connectivity index (χ1n) is 11.1. The third-order valence-corrected chi connectivity index (χ3v) is 5.91. The fraction of sp³-hybridized carbons (Fsp3) is 0.400. The molecule has 0 saturated carbocycles. The molecule has 1 aliphatic heterocycles. The highest BCUT2D eigenvalue weighted by Gasteiger charge is 2.46. The highest BCUT2D eigenvalue weighted by molar-refractivity contribution is 5.80. The van der Waals surface area contributed by atoms with Crippen LogP contribution in [0, 0.1) is 6.92 Å². The molecule has 0 amide bonds. The zero-order chi connectivity index (χ0) is 24.1. The van der Waals surface area contributed by atoms with Crippen LogP contribution >= 0.6 is 0 Å². The third kappa shape index (κ3) is 5.18. The third-order valence-electron chi connectivity index (χ3n) is 5.91. The van der Waals surface area contributed by atoms with Gasteiger partial charge in [0.15, 0.2) is 6.10 Å². The Kier molecular flexibility index (Phi) is 7.69. The molecule has 0 aliphatic carbocycles. The number of aryl methyl sites for hydroxylation is 1. The summed E-state index contributed by atoms with van der Waals surface area (Å²) in [5.41, 5.74) is 4.77. The molecule has 0 N–H and O–H groups in total. The fourth-order valence-electron chi connectivity index (χ4n) is 4.01. The number of benzene rings is 2. The largest absolute Gasteiger partial charge is 0.376 e. The molecule has 9 nitrogen and oxygen atoms in total. The molecule has 1 aliphatic rings. The van der Waals surface area contributed by atoms with Gasteiger partial charge in [0.05, 0.1) is 24.2 Å². The fourth-order valence-corrected chi connectivity index (χ4v) is 4.01. The number of oxime groups is 1. The molecule has 1 fully saturated rings. The van der Waals surface area contributed by atoms with Gasteiger partial charge in [-0.1, -0.05) is 52.3 Å². The Morgan fingerprint density at radius 2 is 1.59 bits per heavy atom. The average Bonchev–Trinajstić information content (AvgIpc) is 3.35. The van der Waals surface area contributed by atoms with Gasteiger partial charge in [0.1, 0.15) is 17.9 Å². The van der Waals surface area contributed by atoms with Gasteiger partial charge >= 0.3 is 0 Å². The van der Waals surface area contributed by atoms with E-state index in [0.717, 1.165) is 22.5 Å². The molecule has 0 unspecified atom stereocenters. The Hall–Kier alpha value is -3.11. The highest BCUT2D eigenvalue weighted by atomic mass is 16.8. The molecule has 9 heteroatoms. The van der Waals surface area contributed by atoms with Gasteiger partial charge in [-0.25, -0.2) is 4.68 Å². The number of rotatable bonds is 8. The van der Waals surface area contributed by atoms with Crippen LogP contribution in [0.4, 0.5) is 0 Å². The molecule has 34 heavy (non-hydrogen) atoms. The van der Waals surface area contributed by atoms with Crippen LogP contribution in [0.3, 0.4) is 0 Å². The summed E-state index contributed by atoms with van der Waals surface area (Å²) < 4.78 is 24.3. The van der Waals surface area contributed by atoms with Gasteiger partial charge in [-0.3, -0.25) is 0 Å². The van der Waals surface area contributed by atoms with Gasteiger partial charge in [-0.2, -0.15) is 0 Å². The van der Waals surface area contributed by atoms with E-state index in [1.54, 1.807) is 32.2 Å². The molecular formula is C25H30N4O5. The summed E-state index contributed by atoms with van der Waals surface area (Å²) in [7, 11) is 4.81. The summed E-state index contributed by atoms with van der Waals surface area (Å²) >= 11 is 0. The zero-order valence-electron chi connectivity index (χ0n) is 20.0. The maximum atomic E-state index is 5.90. The average molecular weight is 467 g/mol. The molecular weight excluding hydrogens is 436 g/mol. The summed E-state index contributed by atoms with van der Waals surface area (Å²) in [4.78, 5) is 5.62. The molecule has 3 aromatic rings. The first kappa shape index (κ1) is 24.0. The van der Waals surface area contributed by atoms with Crippen molar-refractivity contribution in [3.8, 4) is 16.9 Å². The lowest BCUT2D eigenvalue weighted by Crippen LogP contribution is -2.59. The lowest BCUT2D eigenvalue weighted by molar-refractivity contribution is -0.305. The number of hydrogen-bond acceptors (Lipinski definition) is 8. The topological polar surface area (TPSA) is 89.2 Å². The monoisotopic (exact) mass is 466 g/mol. The molecule has 1 saturated heterocycles. The summed E-state index contributed by atoms with van der Waals surface area (Å²) in [5, 5.41) is 12.6.